The fraction of sp³-hybridized carbons (Fsp3) is 0. The first-order valence-corrected chi connectivity index (χ1v) is 5.30. The molecule has 0 saturated heterocycles. The van der Waals surface area contributed by atoms with E-state index < -0.39 is 69.7 Å². The van der Waals surface area contributed by atoms with Gasteiger partial charge in [0, 0.05) is 0 Å². The van der Waals surface area contributed by atoms with Crippen LogP contribution >= 0.6 is 0 Å². The molecule has 0 aliphatic carbocycles. The van der Waals surface area contributed by atoms with Crippen LogP contribution < -0.4 is 4.74 Å². The van der Waals surface area contributed by atoms with E-state index in [1.165, 1.54) is 0 Å². The van der Waals surface area contributed by atoms with Crippen LogP contribution in [0.25, 0.3) is 0 Å². The average Bonchev–Trinajstić information content (AvgIpc) is 2.54. The molecular weight excluding hydrogens is 350 g/mol. The highest BCUT2D eigenvalue weighted by molar-refractivity contribution is 5.37. The zero-order valence-electron chi connectivity index (χ0n) is 10.2. The molecule has 11 heteroatoms. The molecule has 0 aromatic heterocycles. The minimum absolute atomic E-state index is 2.23. The summed E-state index contributed by atoms with van der Waals surface area (Å²) in [5.41, 5.74) is 0. The first kappa shape index (κ1) is 16.9. The molecule has 1 nitrogen and oxygen atoms in total. The molecule has 2 aromatic carbocycles. The quantitative estimate of drug-likeness (QED) is 0.427. The van der Waals surface area contributed by atoms with E-state index in [1.54, 1.807) is 0 Å². The van der Waals surface area contributed by atoms with Crippen molar-refractivity contribution in [1.82, 2.24) is 0 Å². The SMILES string of the molecule is Fc1c(F)c(F)c(Oc2c(F)c(F)c(F)c(F)c2F)c(F)c1F. The molecule has 2 aromatic rings. The Morgan fingerprint density at radius 2 is 0.478 bits per heavy atom. The Kier molecular flexibility index (Phi) is 4.14. The number of halogens is 10. The Morgan fingerprint density at radius 1 is 0.304 bits per heavy atom. The summed E-state index contributed by atoms with van der Waals surface area (Å²) in [5.74, 6) is -30.5. The van der Waals surface area contributed by atoms with E-state index in [0.717, 1.165) is 0 Å². The number of rotatable bonds is 2. The first-order chi connectivity index (χ1) is 10.6. The molecule has 0 unspecified atom stereocenters. The van der Waals surface area contributed by atoms with Crippen molar-refractivity contribution in [2.45, 2.75) is 0 Å². The highest BCUT2D eigenvalue weighted by Crippen LogP contribution is 2.37. The molecule has 0 fully saturated rings. The number of ether oxygens (including phenoxy) is 1. The first-order valence-electron chi connectivity index (χ1n) is 5.30. The second kappa shape index (κ2) is 5.63. The Balaban J connectivity index is 2.71. The van der Waals surface area contributed by atoms with Gasteiger partial charge in [-0.25, -0.2) is 26.3 Å². The van der Waals surface area contributed by atoms with Crippen molar-refractivity contribution in [3.8, 4) is 11.5 Å². The van der Waals surface area contributed by atoms with Gasteiger partial charge in [0.1, 0.15) is 0 Å². The van der Waals surface area contributed by atoms with Gasteiger partial charge in [-0.05, 0) is 0 Å². The van der Waals surface area contributed by atoms with E-state index in [2.05, 4.69) is 4.74 Å². The second-order valence-electron chi connectivity index (χ2n) is 3.90. The summed E-state index contributed by atoms with van der Waals surface area (Å²) in [6.07, 6.45) is 0. The molecular formula is C12F10O. The van der Waals surface area contributed by atoms with Gasteiger partial charge in [-0.1, -0.05) is 0 Å². The van der Waals surface area contributed by atoms with Gasteiger partial charge in [0.2, 0.25) is 69.7 Å². The van der Waals surface area contributed by atoms with Crippen molar-refractivity contribution in [3.63, 3.8) is 0 Å². The summed E-state index contributed by atoms with van der Waals surface area (Å²) in [7, 11) is 0. The lowest BCUT2D eigenvalue weighted by Crippen LogP contribution is -2.08. The van der Waals surface area contributed by atoms with Crippen LogP contribution in [0.15, 0.2) is 0 Å². The van der Waals surface area contributed by atoms with Gasteiger partial charge in [-0.3, -0.25) is 0 Å². The molecule has 0 saturated carbocycles. The summed E-state index contributed by atoms with van der Waals surface area (Å²) in [4.78, 5) is 0. The van der Waals surface area contributed by atoms with E-state index in [0.29, 0.717) is 0 Å². The van der Waals surface area contributed by atoms with Crippen LogP contribution in [0.4, 0.5) is 43.9 Å². The molecule has 0 heterocycles. The third-order valence-electron chi connectivity index (χ3n) is 2.54. The Bertz CT molecular complexity index is 691. The van der Waals surface area contributed by atoms with Gasteiger partial charge >= 0.3 is 0 Å². The third-order valence-corrected chi connectivity index (χ3v) is 2.54. The molecule has 0 aliphatic heterocycles. The largest absolute Gasteiger partial charge is 0.444 e. The lowest BCUT2D eigenvalue weighted by molar-refractivity contribution is 0.298. The van der Waals surface area contributed by atoms with Crippen LogP contribution in [0.5, 0.6) is 11.5 Å². The molecule has 0 aliphatic rings. The number of benzene rings is 2. The molecule has 2 rings (SSSR count). The van der Waals surface area contributed by atoms with Gasteiger partial charge in [0.05, 0.1) is 0 Å². The molecule has 23 heavy (non-hydrogen) atoms. The van der Waals surface area contributed by atoms with Crippen molar-refractivity contribution in [2.75, 3.05) is 0 Å². The predicted molar refractivity (Wildman–Crippen MR) is 52.5 cm³/mol. The predicted octanol–water partition coefficient (Wildman–Crippen LogP) is 4.87. The lowest BCUT2D eigenvalue weighted by Gasteiger charge is -2.12. The summed E-state index contributed by atoms with van der Waals surface area (Å²) < 4.78 is 134. The zero-order valence-corrected chi connectivity index (χ0v) is 10.2. The molecule has 0 N–H and O–H groups in total. The van der Waals surface area contributed by atoms with Crippen LogP contribution in [0.2, 0.25) is 0 Å². The van der Waals surface area contributed by atoms with Crippen molar-refractivity contribution in [2.24, 2.45) is 0 Å². The van der Waals surface area contributed by atoms with Crippen LogP contribution in [0, 0.1) is 58.2 Å². The fourth-order valence-electron chi connectivity index (χ4n) is 1.45. The van der Waals surface area contributed by atoms with Gasteiger partial charge < -0.3 is 4.74 Å². The summed E-state index contributed by atoms with van der Waals surface area (Å²) in [6.45, 7) is 0. The molecule has 0 bridgehead atoms. The summed E-state index contributed by atoms with van der Waals surface area (Å²) >= 11 is 0. The Morgan fingerprint density at radius 3 is 0.696 bits per heavy atom. The fourth-order valence-corrected chi connectivity index (χ4v) is 1.45. The molecule has 0 spiro atoms. The van der Waals surface area contributed by atoms with Crippen molar-refractivity contribution < 1.29 is 48.6 Å². The van der Waals surface area contributed by atoms with Crippen LogP contribution in [-0.4, -0.2) is 0 Å². The van der Waals surface area contributed by atoms with Gasteiger partial charge in [-0.15, -0.1) is 0 Å². The zero-order chi connectivity index (χ0) is 17.6. The van der Waals surface area contributed by atoms with Gasteiger partial charge in [0.15, 0.2) is 0 Å². The maximum atomic E-state index is 13.3. The number of hydrogen-bond donors (Lipinski definition) is 0. The standard InChI is InChI=1S/C12F10O/c13-1-3(15)7(19)11(8(20)4(1)16)23-12-9(21)5(17)2(14)6(18)10(12)22. The van der Waals surface area contributed by atoms with E-state index in [4.69, 9.17) is 0 Å². The van der Waals surface area contributed by atoms with Crippen molar-refractivity contribution in [3.05, 3.63) is 58.2 Å². The van der Waals surface area contributed by atoms with E-state index in [1.807, 2.05) is 0 Å². The minimum atomic E-state index is -2.62. The highest BCUT2D eigenvalue weighted by Gasteiger charge is 2.32. The monoisotopic (exact) mass is 350 g/mol. The van der Waals surface area contributed by atoms with Gasteiger partial charge in [-0.2, -0.15) is 17.6 Å². The summed E-state index contributed by atoms with van der Waals surface area (Å²) in [5, 5.41) is 0. The van der Waals surface area contributed by atoms with E-state index in [-0.39, 0.29) is 0 Å². The van der Waals surface area contributed by atoms with Crippen molar-refractivity contribution >= 4 is 0 Å². The van der Waals surface area contributed by atoms with Crippen LogP contribution in [-0.2, 0) is 0 Å². The second-order valence-corrected chi connectivity index (χ2v) is 3.90. The molecule has 0 atom stereocenters. The van der Waals surface area contributed by atoms with Crippen LogP contribution in [0.1, 0.15) is 0 Å². The maximum absolute atomic E-state index is 13.3. The normalized spacial score (nSPS) is 11.0. The van der Waals surface area contributed by atoms with Crippen molar-refractivity contribution in [1.29, 1.82) is 0 Å². The average molecular weight is 350 g/mol. The topological polar surface area (TPSA) is 9.23 Å². The lowest BCUT2D eigenvalue weighted by atomic mass is 10.2. The molecule has 0 amide bonds. The van der Waals surface area contributed by atoms with E-state index >= 15 is 0 Å². The maximum Gasteiger partial charge on any atom is 0.207 e. The van der Waals surface area contributed by atoms with Crippen LogP contribution in [0.3, 0.4) is 0 Å². The third kappa shape index (κ3) is 2.45. The van der Waals surface area contributed by atoms with E-state index in [9.17, 15) is 43.9 Å². The number of hydrogen-bond acceptors (Lipinski definition) is 1. The highest BCUT2D eigenvalue weighted by atomic mass is 19.2. The molecule has 124 valence electrons. The Hall–Kier alpha value is -2.46. The minimum Gasteiger partial charge on any atom is -0.444 e. The molecule has 0 radical (unpaired) electrons. The smallest absolute Gasteiger partial charge is 0.207 e. The summed E-state index contributed by atoms with van der Waals surface area (Å²) in [6, 6.07) is 0. The Labute approximate surface area is 119 Å². The van der Waals surface area contributed by atoms with Gasteiger partial charge in [0.25, 0.3) is 0 Å².